The Labute approximate surface area is 247 Å². The van der Waals surface area contributed by atoms with Crippen LogP contribution in [-0.4, -0.2) is 55.8 Å². The molecule has 1 aliphatic carbocycles. The molecule has 2 aromatic rings. The van der Waals surface area contributed by atoms with Crippen LogP contribution in [-0.2, 0) is 27.4 Å². The molecule has 2 aromatic carbocycles. The summed E-state index contributed by atoms with van der Waals surface area (Å²) in [4.78, 5) is 15.3. The van der Waals surface area contributed by atoms with Gasteiger partial charge in [0.2, 0.25) is 15.9 Å². The fraction of sp³-hybridized carbons (Fsp3) is 0.531. The number of hydrogen-bond acceptors (Lipinski definition) is 4. The maximum absolute atomic E-state index is 13.4. The second-order valence-electron chi connectivity index (χ2n) is 11.9. The average molecular weight is 604 g/mol. The van der Waals surface area contributed by atoms with Crippen LogP contribution in [0.4, 0.5) is 13.2 Å². The van der Waals surface area contributed by atoms with Gasteiger partial charge >= 0.3 is 6.18 Å². The van der Waals surface area contributed by atoms with Gasteiger partial charge in [-0.3, -0.25) is 9.69 Å². The van der Waals surface area contributed by atoms with Gasteiger partial charge in [0, 0.05) is 25.6 Å². The van der Waals surface area contributed by atoms with Gasteiger partial charge in [-0.1, -0.05) is 43.7 Å². The summed E-state index contributed by atoms with van der Waals surface area (Å²) in [7, 11) is -4.20. The highest BCUT2D eigenvalue weighted by Crippen LogP contribution is 2.35. The molecule has 2 saturated heterocycles. The molecule has 10 heteroatoms. The number of carbonyl (C=O) groups is 1. The summed E-state index contributed by atoms with van der Waals surface area (Å²) in [5.74, 6) is -0.248. The molecule has 1 N–H and O–H groups in total. The van der Waals surface area contributed by atoms with E-state index in [0.29, 0.717) is 18.9 Å². The summed E-state index contributed by atoms with van der Waals surface area (Å²) in [5, 5.41) is 3.14. The van der Waals surface area contributed by atoms with Crippen LogP contribution in [0, 0.1) is 0 Å². The quantitative estimate of drug-likeness (QED) is 0.383. The highest BCUT2D eigenvalue weighted by atomic mass is 32.2. The summed E-state index contributed by atoms with van der Waals surface area (Å²) in [6, 6.07) is 9.42. The van der Waals surface area contributed by atoms with Gasteiger partial charge in [-0.25, -0.2) is 8.42 Å². The minimum absolute atomic E-state index is 0.0330. The van der Waals surface area contributed by atoms with Crippen LogP contribution in [0.5, 0.6) is 0 Å². The molecule has 0 aromatic heterocycles. The van der Waals surface area contributed by atoms with E-state index in [9.17, 15) is 26.4 Å². The Morgan fingerprint density at radius 3 is 2.48 bits per heavy atom. The van der Waals surface area contributed by atoms with Gasteiger partial charge in [-0.05, 0) is 98.5 Å². The number of nitrogens with zero attached hydrogens (tertiary/aromatic N) is 2. The molecule has 228 valence electrons. The highest BCUT2D eigenvalue weighted by molar-refractivity contribution is 7.89. The number of benzene rings is 2. The number of rotatable bonds is 8. The van der Waals surface area contributed by atoms with E-state index < -0.39 is 32.7 Å². The standard InChI is InChI=1S/C32H40F3N3O3S/c1-23(22-37-16-4-2-5-17-37)24-14-15-29-25(19-24)9-7-13-30(29)36-31(39)21-27-11-3-6-18-38(27)42(40,41)28-12-8-10-26(20-28)32(33,34)35/h8,10,12,14-15,19-20,27,30H,1-7,9,11,13,16-18,21-22H2,(H,36,39)/t27-,30+/m0/s1. The van der Waals surface area contributed by atoms with Crippen molar-refractivity contribution in [2.75, 3.05) is 26.2 Å². The second kappa shape index (κ2) is 12.9. The summed E-state index contributed by atoms with van der Waals surface area (Å²) >= 11 is 0. The molecule has 2 aliphatic heterocycles. The van der Waals surface area contributed by atoms with E-state index in [0.717, 1.165) is 74.2 Å². The van der Waals surface area contributed by atoms with Gasteiger partial charge in [0.1, 0.15) is 0 Å². The third-order valence-electron chi connectivity index (χ3n) is 8.83. The first-order chi connectivity index (χ1) is 20.0. The molecule has 0 bridgehead atoms. The van der Waals surface area contributed by atoms with Crippen molar-refractivity contribution in [3.05, 3.63) is 71.3 Å². The highest BCUT2D eigenvalue weighted by Gasteiger charge is 2.37. The van der Waals surface area contributed by atoms with Gasteiger partial charge in [0.15, 0.2) is 0 Å². The topological polar surface area (TPSA) is 69.7 Å². The number of piperidine rings is 2. The first kappa shape index (κ1) is 30.8. The van der Waals surface area contributed by atoms with E-state index in [4.69, 9.17) is 0 Å². The molecule has 42 heavy (non-hydrogen) atoms. The van der Waals surface area contributed by atoms with Crippen molar-refractivity contribution in [2.45, 2.75) is 87.4 Å². The third kappa shape index (κ3) is 7.09. The van der Waals surface area contributed by atoms with Crippen molar-refractivity contribution in [2.24, 2.45) is 0 Å². The van der Waals surface area contributed by atoms with Crippen LogP contribution in [0.2, 0.25) is 0 Å². The zero-order chi connectivity index (χ0) is 29.9. The third-order valence-corrected chi connectivity index (χ3v) is 10.8. The van der Waals surface area contributed by atoms with Gasteiger partial charge in [0.05, 0.1) is 16.5 Å². The van der Waals surface area contributed by atoms with Crippen LogP contribution in [0.15, 0.2) is 53.9 Å². The number of sulfonamides is 1. The SMILES string of the molecule is C=C(CN1CCCCC1)c1ccc2c(c1)CCC[C@H]2NC(=O)C[C@@H]1CCCCN1S(=O)(=O)c1cccc(C(F)(F)F)c1. The summed E-state index contributed by atoms with van der Waals surface area (Å²) < 4.78 is 67.9. The number of alkyl halides is 3. The summed E-state index contributed by atoms with van der Waals surface area (Å²) in [5.41, 5.74) is 3.51. The average Bonchev–Trinajstić information content (AvgIpc) is 2.97. The molecule has 2 heterocycles. The van der Waals surface area contributed by atoms with Crippen molar-refractivity contribution >= 4 is 21.5 Å². The Balaban J connectivity index is 1.25. The molecule has 0 spiro atoms. The number of carbonyl (C=O) groups excluding carboxylic acids is 1. The van der Waals surface area contributed by atoms with Crippen LogP contribution in [0.1, 0.15) is 86.1 Å². The molecule has 0 saturated carbocycles. The van der Waals surface area contributed by atoms with E-state index in [-0.39, 0.29) is 24.9 Å². The van der Waals surface area contributed by atoms with E-state index in [1.807, 2.05) is 0 Å². The number of halogens is 3. The van der Waals surface area contributed by atoms with E-state index in [1.54, 1.807) is 0 Å². The van der Waals surface area contributed by atoms with E-state index >= 15 is 0 Å². The number of amides is 1. The number of nitrogens with one attached hydrogen (secondary N) is 1. The van der Waals surface area contributed by atoms with Crippen molar-refractivity contribution < 1.29 is 26.4 Å². The predicted molar refractivity (Wildman–Crippen MR) is 157 cm³/mol. The molecule has 5 rings (SSSR count). The molecule has 3 aliphatic rings. The Hall–Kier alpha value is -2.69. The van der Waals surface area contributed by atoms with Gasteiger partial charge in [-0.15, -0.1) is 0 Å². The Morgan fingerprint density at radius 2 is 1.71 bits per heavy atom. The molecule has 2 atom stereocenters. The largest absolute Gasteiger partial charge is 0.416 e. The molecule has 1 amide bonds. The Kier molecular flexibility index (Phi) is 9.44. The minimum Gasteiger partial charge on any atom is -0.349 e. The number of fused-ring (bicyclic) bond motifs is 1. The van der Waals surface area contributed by atoms with Crippen LogP contribution < -0.4 is 5.32 Å². The monoisotopic (exact) mass is 603 g/mol. The molecular weight excluding hydrogens is 563 g/mol. The fourth-order valence-corrected chi connectivity index (χ4v) is 8.33. The Bertz CT molecular complexity index is 1400. The summed E-state index contributed by atoms with van der Waals surface area (Å²) in [6.07, 6.45) is 3.55. The number of aryl methyl sites for hydroxylation is 1. The van der Waals surface area contributed by atoms with E-state index in [2.05, 4.69) is 35.0 Å². The van der Waals surface area contributed by atoms with Crippen LogP contribution in [0.3, 0.4) is 0 Å². The minimum atomic E-state index is -4.65. The molecule has 0 unspecified atom stereocenters. The lowest BCUT2D eigenvalue weighted by molar-refractivity contribution is -0.137. The van der Waals surface area contributed by atoms with Crippen molar-refractivity contribution in [1.29, 1.82) is 0 Å². The number of hydrogen-bond donors (Lipinski definition) is 1. The molecule has 0 radical (unpaired) electrons. The Morgan fingerprint density at radius 1 is 0.952 bits per heavy atom. The first-order valence-corrected chi connectivity index (χ1v) is 16.5. The lowest BCUT2D eigenvalue weighted by atomic mass is 9.85. The lowest BCUT2D eigenvalue weighted by Gasteiger charge is -2.35. The maximum atomic E-state index is 13.4. The summed E-state index contributed by atoms with van der Waals surface area (Å²) in [6.45, 7) is 7.60. The molecule has 6 nitrogen and oxygen atoms in total. The zero-order valence-electron chi connectivity index (χ0n) is 24.0. The lowest BCUT2D eigenvalue weighted by Crippen LogP contribution is -2.46. The fourth-order valence-electron chi connectivity index (χ4n) is 6.59. The zero-order valence-corrected chi connectivity index (χ0v) is 24.8. The van der Waals surface area contributed by atoms with Crippen LogP contribution >= 0.6 is 0 Å². The van der Waals surface area contributed by atoms with Crippen LogP contribution in [0.25, 0.3) is 5.57 Å². The molecule has 2 fully saturated rings. The second-order valence-corrected chi connectivity index (χ2v) is 13.8. The maximum Gasteiger partial charge on any atom is 0.416 e. The first-order valence-electron chi connectivity index (χ1n) is 15.0. The van der Waals surface area contributed by atoms with Gasteiger partial charge in [-0.2, -0.15) is 17.5 Å². The molecular formula is C32H40F3N3O3S. The van der Waals surface area contributed by atoms with E-state index in [1.165, 1.54) is 35.2 Å². The number of likely N-dealkylation sites (tertiary alicyclic amines) is 1. The smallest absolute Gasteiger partial charge is 0.349 e. The van der Waals surface area contributed by atoms with Crippen molar-refractivity contribution in [3.8, 4) is 0 Å². The predicted octanol–water partition coefficient (Wildman–Crippen LogP) is 6.33. The van der Waals surface area contributed by atoms with Crippen molar-refractivity contribution in [3.63, 3.8) is 0 Å². The normalized spacial score (nSPS) is 22.4. The van der Waals surface area contributed by atoms with Crippen molar-refractivity contribution in [1.82, 2.24) is 14.5 Å². The van der Waals surface area contributed by atoms with Gasteiger partial charge < -0.3 is 5.32 Å². The van der Waals surface area contributed by atoms with Gasteiger partial charge in [0.25, 0.3) is 0 Å².